The third-order valence-electron chi connectivity index (χ3n) is 7.56. The maximum Gasteiger partial charge on any atom is 0.228 e. The number of carbonyl (C=O) groups is 1. The molecule has 0 saturated heterocycles. The van der Waals surface area contributed by atoms with Gasteiger partial charge < -0.3 is 19.9 Å². The van der Waals surface area contributed by atoms with Gasteiger partial charge in [-0.05, 0) is 50.0 Å². The van der Waals surface area contributed by atoms with Gasteiger partial charge in [0.25, 0.3) is 0 Å². The summed E-state index contributed by atoms with van der Waals surface area (Å²) >= 11 is 0. The van der Waals surface area contributed by atoms with Crippen LogP contribution in [0.15, 0.2) is 91.5 Å². The maximum atomic E-state index is 14.7. The van der Waals surface area contributed by atoms with E-state index in [1.54, 1.807) is 30.9 Å². The molecule has 0 aliphatic rings. The molecule has 11 nitrogen and oxygen atoms in total. The predicted octanol–water partition coefficient (Wildman–Crippen LogP) is 5.89. The number of pyridine rings is 3. The average Bonchev–Trinajstić information content (AvgIpc) is 3.69. The highest BCUT2D eigenvalue weighted by Gasteiger charge is 2.18. The molecule has 5 aromatic heterocycles. The molecule has 12 heteroatoms. The second kappa shape index (κ2) is 12.8. The normalized spacial score (nSPS) is 11.4. The number of likely N-dealkylation sites (N-methyl/N-ethyl adjacent to an activating group) is 1. The Hall–Kier alpha value is -6.01. The van der Waals surface area contributed by atoms with Crippen molar-refractivity contribution in [2.75, 3.05) is 32.6 Å². The zero-order valence-electron chi connectivity index (χ0n) is 25.7. The van der Waals surface area contributed by atoms with Crippen LogP contribution in [-0.4, -0.2) is 73.2 Å². The molecule has 7 rings (SSSR count). The van der Waals surface area contributed by atoms with Crippen LogP contribution in [0.2, 0.25) is 0 Å². The fourth-order valence-corrected chi connectivity index (χ4v) is 5.28. The van der Waals surface area contributed by atoms with E-state index in [2.05, 4.69) is 35.5 Å². The molecule has 2 aromatic carbocycles. The number of nitrogens with zero attached hydrogens (tertiary/aromatic N) is 6. The van der Waals surface area contributed by atoms with E-state index in [0.29, 0.717) is 64.0 Å². The lowest BCUT2D eigenvalue weighted by Crippen LogP contribution is -2.19. The third-order valence-corrected chi connectivity index (χ3v) is 7.56. The second-order valence-electron chi connectivity index (χ2n) is 11.3. The van der Waals surface area contributed by atoms with Crippen molar-refractivity contribution in [3.05, 3.63) is 103 Å². The second-order valence-corrected chi connectivity index (χ2v) is 11.3. The molecular formula is C35H30FN9O2. The molecule has 0 aliphatic carbocycles. The van der Waals surface area contributed by atoms with Crippen molar-refractivity contribution in [3.63, 3.8) is 0 Å². The van der Waals surface area contributed by atoms with Gasteiger partial charge in [0.2, 0.25) is 5.91 Å². The van der Waals surface area contributed by atoms with Crippen LogP contribution in [0.5, 0.6) is 5.75 Å². The van der Waals surface area contributed by atoms with Gasteiger partial charge in [0.1, 0.15) is 29.4 Å². The van der Waals surface area contributed by atoms with E-state index in [-0.39, 0.29) is 12.3 Å². The number of benzene rings is 2. The lowest BCUT2D eigenvalue weighted by atomic mass is 10.1. The van der Waals surface area contributed by atoms with Gasteiger partial charge in [-0.2, -0.15) is 5.10 Å². The van der Waals surface area contributed by atoms with Crippen molar-refractivity contribution in [1.82, 2.24) is 40.0 Å². The first-order chi connectivity index (χ1) is 22.9. The molecular weight excluding hydrogens is 597 g/mol. The number of halogens is 1. The molecule has 0 aliphatic heterocycles. The van der Waals surface area contributed by atoms with Crippen LogP contribution in [0.25, 0.3) is 56.0 Å². The molecule has 5 heterocycles. The minimum atomic E-state index is -0.428. The summed E-state index contributed by atoms with van der Waals surface area (Å²) in [6.45, 7) is 1.12. The van der Waals surface area contributed by atoms with Gasteiger partial charge >= 0.3 is 0 Å². The summed E-state index contributed by atoms with van der Waals surface area (Å²) in [5.74, 6) is 0.357. The van der Waals surface area contributed by atoms with Crippen LogP contribution in [0.1, 0.15) is 5.56 Å². The van der Waals surface area contributed by atoms with Crippen molar-refractivity contribution in [1.29, 1.82) is 0 Å². The molecule has 47 heavy (non-hydrogen) atoms. The predicted molar refractivity (Wildman–Crippen MR) is 178 cm³/mol. The highest BCUT2D eigenvalue weighted by Crippen LogP contribution is 2.33. The SMILES string of the molecule is CN(C)CCOc1cc(F)cc(-c2nccc3[nH]c(-c4n[nH]c5ncc(-c6cncc(NC(=O)Cc7ccccc7)c6)cc45)nc23)c1. The standard InChI is InChI=1S/C35H30FN9O2/c1-45(2)10-11-47-27-15-22(13-25(36)17-27)31-33-29(8-9-38-31)41-35(42-33)32-28-16-24(19-39-34(28)44-43-32)23-14-26(20-37-18-23)40-30(46)12-21-6-4-3-5-7-21/h3-9,13-20H,10-12H2,1-2H3,(H,40,46)(H,41,42)(H,39,43,44). The van der Waals surface area contributed by atoms with E-state index in [9.17, 15) is 9.18 Å². The fourth-order valence-electron chi connectivity index (χ4n) is 5.28. The van der Waals surface area contributed by atoms with E-state index in [1.807, 2.05) is 67.5 Å². The van der Waals surface area contributed by atoms with E-state index in [4.69, 9.17) is 9.72 Å². The van der Waals surface area contributed by atoms with E-state index in [1.165, 1.54) is 12.1 Å². The Balaban J connectivity index is 1.18. The number of aromatic nitrogens is 7. The van der Waals surface area contributed by atoms with Crippen molar-refractivity contribution >= 4 is 33.7 Å². The summed E-state index contributed by atoms with van der Waals surface area (Å²) in [5.41, 5.74) is 6.54. The van der Waals surface area contributed by atoms with Gasteiger partial charge in [0.05, 0.1) is 34.9 Å². The maximum absolute atomic E-state index is 14.7. The van der Waals surface area contributed by atoms with Crippen LogP contribution in [0, 0.1) is 5.82 Å². The van der Waals surface area contributed by atoms with Gasteiger partial charge in [0, 0.05) is 47.9 Å². The van der Waals surface area contributed by atoms with E-state index >= 15 is 0 Å². The lowest BCUT2D eigenvalue weighted by molar-refractivity contribution is -0.115. The minimum absolute atomic E-state index is 0.133. The number of fused-ring (bicyclic) bond motifs is 2. The number of nitrogens with one attached hydrogen (secondary N) is 3. The molecule has 7 aromatic rings. The van der Waals surface area contributed by atoms with Crippen LogP contribution < -0.4 is 10.1 Å². The Labute approximate surface area is 268 Å². The summed E-state index contributed by atoms with van der Waals surface area (Å²) in [6, 6.07) is 19.7. The number of rotatable bonds is 10. The topological polar surface area (TPSA) is 138 Å². The number of carbonyl (C=O) groups excluding carboxylic acids is 1. The van der Waals surface area contributed by atoms with Crippen LogP contribution >= 0.6 is 0 Å². The van der Waals surface area contributed by atoms with Crippen molar-refractivity contribution < 1.29 is 13.9 Å². The molecule has 1 amide bonds. The zero-order chi connectivity index (χ0) is 32.3. The first kappa shape index (κ1) is 29.7. The average molecular weight is 628 g/mol. The van der Waals surface area contributed by atoms with Gasteiger partial charge in [-0.1, -0.05) is 30.3 Å². The molecule has 0 unspecified atom stereocenters. The van der Waals surface area contributed by atoms with E-state index < -0.39 is 5.82 Å². The van der Waals surface area contributed by atoms with E-state index in [0.717, 1.165) is 22.1 Å². The van der Waals surface area contributed by atoms with Crippen molar-refractivity contribution in [2.45, 2.75) is 6.42 Å². The minimum Gasteiger partial charge on any atom is -0.492 e. The number of hydrogen-bond donors (Lipinski definition) is 3. The summed E-state index contributed by atoms with van der Waals surface area (Å²) in [7, 11) is 3.90. The first-order valence-corrected chi connectivity index (χ1v) is 15.0. The molecule has 0 atom stereocenters. The Morgan fingerprint density at radius 1 is 0.936 bits per heavy atom. The highest BCUT2D eigenvalue weighted by molar-refractivity contribution is 5.97. The quantitative estimate of drug-likeness (QED) is 0.171. The zero-order valence-corrected chi connectivity index (χ0v) is 25.7. The monoisotopic (exact) mass is 627 g/mol. The Morgan fingerprint density at radius 3 is 2.64 bits per heavy atom. The Bertz CT molecular complexity index is 2210. The van der Waals surface area contributed by atoms with Gasteiger partial charge in [-0.25, -0.2) is 14.4 Å². The Kier molecular flexibility index (Phi) is 8.07. The number of H-pyrrole nitrogens is 2. The van der Waals surface area contributed by atoms with Gasteiger partial charge in [-0.15, -0.1) is 0 Å². The number of ether oxygens (including phenoxy) is 1. The van der Waals surface area contributed by atoms with Gasteiger partial charge in [-0.3, -0.25) is 19.9 Å². The smallest absolute Gasteiger partial charge is 0.228 e. The Morgan fingerprint density at radius 2 is 1.79 bits per heavy atom. The molecule has 234 valence electrons. The van der Waals surface area contributed by atoms with Crippen LogP contribution in [0.4, 0.5) is 10.1 Å². The van der Waals surface area contributed by atoms with Crippen molar-refractivity contribution in [2.24, 2.45) is 0 Å². The third kappa shape index (κ3) is 6.53. The molecule has 0 saturated carbocycles. The fraction of sp³-hybridized carbons (Fsp3) is 0.143. The number of imidazole rings is 1. The number of aromatic amines is 2. The lowest BCUT2D eigenvalue weighted by Gasteiger charge is -2.12. The van der Waals surface area contributed by atoms with Gasteiger partial charge in [0.15, 0.2) is 11.5 Å². The number of hydrogen-bond acceptors (Lipinski definition) is 8. The molecule has 0 spiro atoms. The number of anilines is 1. The van der Waals surface area contributed by atoms with Crippen molar-refractivity contribution in [3.8, 4) is 39.7 Å². The summed E-state index contributed by atoms with van der Waals surface area (Å²) < 4.78 is 20.5. The first-order valence-electron chi connectivity index (χ1n) is 15.0. The molecule has 0 radical (unpaired) electrons. The summed E-state index contributed by atoms with van der Waals surface area (Å²) in [6.07, 6.45) is 6.96. The summed E-state index contributed by atoms with van der Waals surface area (Å²) in [5, 5.41) is 11.2. The number of amides is 1. The largest absolute Gasteiger partial charge is 0.492 e. The molecule has 3 N–H and O–H groups in total. The molecule has 0 bridgehead atoms. The summed E-state index contributed by atoms with van der Waals surface area (Å²) in [4.78, 5) is 36.3. The molecule has 0 fully saturated rings. The van der Waals surface area contributed by atoms with Crippen LogP contribution in [-0.2, 0) is 11.2 Å². The highest BCUT2D eigenvalue weighted by atomic mass is 19.1. The van der Waals surface area contributed by atoms with Crippen LogP contribution in [0.3, 0.4) is 0 Å².